The molecule has 26 heavy (non-hydrogen) atoms. The summed E-state index contributed by atoms with van der Waals surface area (Å²) in [6, 6.07) is 5.28. The highest BCUT2D eigenvalue weighted by Gasteiger charge is 2.47. The van der Waals surface area contributed by atoms with Crippen LogP contribution in [-0.4, -0.2) is 59.9 Å². The van der Waals surface area contributed by atoms with Crippen molar-refractivity contribution < 1.29 is 14.4 Å². The molecule has 0 spiro atoms. The molecule has 1 atom stereocenters. The van der Waals surface area contributed by atoms with E-state index in [0.717, 1.165) is 35.7 Å². The number of nitrogens with zero attached hydrogens (tertiary/aromatic N) is 3. The van der Waals surface area contributed by atoms with E-state index in [1.54, 1.807) is 4.90 Å². The summed E-state index contributed by atoms with van der Waals surface area (Å²) in [6.45, 7) is 4.48. The van der Waals surface area contributed by atoms with Gasteiger partial charge in [-0.3, -0.25) is 14.5 Å². The van der Waals surface area contributed by atoms with Crippen molar-refractivity contribution in [3.63, 3.8) is 0 Å². The van der Waals surface area contributed by atoms with Crippen molar-refractivity contribution in [2.45, 2.75) is 38.6 Å². The molecule has 4 rings (SSSR count). The monoisotopic (exact) mass is 356 g/mol. The summed E-state index contributed by atoms with van der Waals surface area (Å²) in [5.41, 5.74) is 2.86. The maximum Gasteiger partial charge on any atom is 0.327 e. The maximum atomic E-state index is 12.4. The van der Waals surface area contributed by atoms with E-state index in [4.69, 9.17) is 0 Å². The van der Waals surface area contributed by atoms with Crippen LogP contribution >= 0.6 is 0 Å². The molecular formula is C19H24N4O3. The van der Waals surface area contributed by atoms with Crippen molar-refractivity contribution in [2.24, 2.45) is 0 Å². The predicted molar refractivity (Wildman–Crippen MR) is 98.1 cm³/mol. The van der Waals surface area contributed by atoms with Gasteiger partial charge in [0.15, 0.2) is 0 Å². The van der Waals surface area contributed by atoms with Crippen LogP contribution in [0, 0.1) is 6.92 Å². The first-order valence-corrected chi connectivity index (χ1v) is 9.32. The van der Waals surface area contributed by atoms with Gasteiger partial charge in [0.05, 0.1) is 0 Å². The largest absolute Gasteiger partial charge is 0.372 e. The molecule has 1 N–H and O–H groups in total. The summed E-state index contributed by atoms with van der Waals surface area (Å²) in [5.74, 6) is -0.589. The van der Waals surface area contributed by atoms with Gasteiger partial charge in [-0.25, -0.2) is 4.79 Å². The number of fused-ring (bicyclic) bond motifs is 1. The minimum atomic E-state index is -0.364. The normalized spacial score (nSPS) is 22.3. The Labute approximate surface area is 152 Å². The van der Waals surface area contributed by atoms with Crippen LogP contribution < -0.4 is 10.2 Å². The quantitative estimate of drug-likeness (QED) is 0.837. The molecule has 0 radical (unpaired) electrons. The average molecular weight is 356 g/mol. The molecule has 1 aromatic carbocycles. The SMILES string of the molecule is Cc1cc(N2CCCC2)ccc1NC(=O)CN1C(=O)C2CCCN2C1=O. The van der Waals surface area contributed by atoms with Gasteiger partial charge in [-0.05, 0) is 56.4 Å². The number of hydrogen-bond acceptors (Lipinski definition) is 4. The second-order valence-electron chi connectivity index (χ2n) is 7.30. The molecule has 3 heterocycles. The number of aryl methyl sites for hydroxylation is 1. The number of carbonyl (C=O) groups excluding carboxylic acids is 3. The average Bonchev–Trinajstić information content (AvgIpc) is 3.34. The van der Waals surface area contributed by atoms with Gasteiger partial charge in [0, 0.05) is 31.0 Å². The molecule has 3 saturated heterocycles. The Morgan fingerprint density at radius 3 is 2.62 bits per heavy atom. The standard InChI is InChI=1S/C19H24N4O3/c1-13-11-14(21-8-2-3-9-21)6-7-15(13)20-17(24)12-23-18(25)16-5-4-10-22(16)19(23)26/h6-7,11,16H,2-5,8-10,12H2,1H3,(H,20,24). The third-order valence-electron chi connectivity index (χ3n) is 5.54. The highest BCUT2D eigenvalue weighted by molar-refractivity contribution is 6.08. The van der Waals surface area contributed by atoms with Gasteiger partial charge in [-0.2, -0.15) is 0 Å². The number of anilines is 2. The molecule has 1 unspecified atom stereocenters. The van der Waals surface area contributed by atoms with Crippen LogP contribution in [-0.2, 0) is 9.59 Å². The van der Waals surface area contributed by atoms with Crippen molar-refractivity contribution in [3.8, 4) is 0 Å². The van der Waals surface area contributed by atoms with E-state index in [2.05, 4.69) is 16.3 Å². The number of rotatable bonds is 4. The fourth-order valence-electron chi connectivity index (χ4n) is 4.12. The third-order valence-corrected chi connectivity index (χ3v) is 5.54. The van der Waals surface area contributed by atoms with E-state index in [1.165, 1.54) is 18.5 Å². The molecule has 138 valence electrons. The number of nitrogens with one attached hydrogen (secondary N) is 1. The van der Waals surface area contributed by atoms with Crippen LogP contribution in [0.5, 0.6) is 0 Å². The van der Waals surface area contributed by atoms with E-state index in [-0.39, 0.29) is 30.4 Å². The molecule has 0 aromatic heterocycles. The van der Waals surface area contributed by atoms with E-state index in [1.807, 2.05) is 19.1 Å². The summed E-state index contributed by atoms with van der Waals surface area (Å²) in [5, 5.41) is 2.84. The van der Waals surface area contributed by atoms with Crippen molar-refractivity contribution >= 4 is 29.2 Å². The van der Waals surface area contributed by atoms with E-state index < -0.39 is 0 Å². The molecule has 7 heteroatoms. The molecule has 1 aromatic rings. The van der Waals surface area contributed by atoms with E-state index in [9.17, 15) is 14.4 Å². The number of carbonyl (C=O) groups is 3. The van der Waals surface area contributed by atoms with Gasteiger partial charge >= 0.3 is 6.03 Å². The van der Waals surface area contributed by atoms with Gasteiger partial charge in [-0.1, -0.05) is 0 Å². The predicted octanol–water partition coefficient (Wildman–Crippen LogP) is 1.96. The summed E-state index contributed by atoms with van der Waals surface area (Å²) in [7, 11) is 0. The summed E-state index contributed by atoms with van der Waals surface area (Å²) in [6.07, 6.45) is 3.98. The molecule has 3 aliphatic rings. The molecule has 0 bridgehead atoms. The van der Waals surface area contributed by atoms with Gasteiger partial charge in [0.1, 0.15) is 12.6 Å². The zero-order chi connectivity index (χ0) is 18.3. The lowest BCUT2D eigenvalue weighted by Crippen LogP contribution is -2.39. The van der Waals surface area contributed by atoms with Gasteiger partial charge in [-0.15, -0.1) is 0 Å². The van der Waals surface area contributed by atoms with E-state index in [0.29, 0.717) is 13.0 Å². The maximum absolute atomic E-state index is 12.4. The topological polar surface area (TPSA) is 73.0 Å². The van der Waals surface area contributed by atoms with Crippen LogP contribution in [0.25, 0.3) is 0 Å². The zero-order valence-corrected chi connectivity index (χ0v) is 15.0. The molecule has 3 aliphatic heterocycles. The molecule has 4 amide bonds. The number of hydrogen-bond donors (Lipinski definition) is 1. The van der Waals surface area contributed by atoms with Crippen LogP contribution in [0.3, 0.4) is 0 Å². The van der Waals surface area contributed by atoms with Gasteiger partial charge in [0.2, 0.25) is 5.91 Å². The first-order valence-electron chi connectivity index (χ1n) is 9.32. The second-order valence-corrected chi connectivity index (χ2v) is 7.30. The number of amides is 4. The summed E-state index contributed by atoms with van der Waals surface area (Å²) >= 11 is 0. The van der Waals surface area contributed by atoms with Crippen molar-refractivity contribution in [2.75, 3.05) is 36.4 Å². The lowest BCUT2D eigenvalue weighted by molar-refractivity contribution is -0.131. The Bertz CT molecular complexity index is 735. The van der Waals surface area contributed by atoms with Gasteiger partial charge < -0.3 is 15.1 Å². The van der Waals surface area contributed by atoms with E-state index >= 15 is 0 Å². The van der Waals surface area contributed by atoms with Crippen LogP contribution in [0.1, 0.15) is 31.2 Å². The second kappa shape index (κ2) is 6.63. The Kier molecular flexibility index (Phi) is 4.30. The molecule has 0 saturated carbocycles. The Hall–Kier alpha value is -2.57. The number of urea groups is 1. The highest BCUT2D eigenvalue weighted by atomic mass is 16.2. The van der Waals surface area contributed by atoms with Crippen molar-refractivity contribution in [3.05, 3.63) is 23.8 Å². The first kappa shape index (κ1) is 16.9. The van der Waals surface area contributed by atoms with Crippen LogP contribution in [0.4, 0.5) is 16.2 Å². The third kappa shape index (κ3) is 2.91. The lowest BCUT2D eigenvalue weighted by atomic mass is 10.1. The Balaban J connectivity index is 1.40. The van der Waals surface area contributed by atoms with Crippen molar-refractivity contribution in [1.82, 2.24) is 9.80 Å². The Morgan fingerprint density at radius 2 is 1.92 bits per heavy atom. The van der Waals surface area contributed by atoms with Crippen molar-refractivity contribution in [1.29, 1.82) is 0 Å². The molecular weight excluding hydrogens is 332 g/mol. The lowest BCUT2D eigenvalue weighted by Gasteiger charge is -2.20. The number of imide groups is 1. The van der Waals surface area contributed by atoms with Crippen LogP contribution in [0.2, 0.25) is 0 Å². The molecule has 0 aliphatic carbocycles. The number of benzene rings is 1. The zero-order valence-electron chi connectivity index (χ0n) is 15.0. The first-order chi connectivity index (χ1) is 12.5. The summed E-state index contributed by atoms with van der Waals surface area (Å²) < 4.78 is 0. The minimum absolute atomic E-state index is 0.224. The molecule has 3 fully saturated rings. The Morgan fingerprint density at radius 1 is 1.15 bits per heavy atom. The molecule has 7 nitrogen and oxygen atoms in total. The minimum Gasteiger partial charge on any atom is -0.372 e. The smallest absolute Gasteiger partial charge is 0.327 e. The fraction of sp³-hybridized carbons (Fsp3) is 0.526. The highest BCUT2D eigenvalue weighted by Crippen LogP contribution is 2.28. The van der Waals surface area contributed by atoms with Gasteiger partial charge in [0.25, 0.3) is 5.91 Å². The van der Waals surface area contributed by atoms with Crippen LogP contribution in [0.15, 0.2) is 18.2 Å². The summed E-state index contributed by atoms with van der Waals surface area (Å²) in [4.78, 5) is 42.0. The fourth-order valence-corrected chi connectivity index (χ4v) is 4.12.